The van der Waals surface area contributed by atoms with Crippen LogP contribution in [0.3, 0.4) is 0 Å². The van der Waals surface area contributed by atoms with Crippen molar-refractivity contribution in [1.29, 1.82) is 0 Å². The van der Waals surface area contributed by atoms with Crippen LogP contribution in [-0.4, -0.2) is 320 Å². The van der Waals surface area contributed by atoms with Crippen LogP contribution in [0.15, 0.2) is 0 Å². The average Bonchev–Trinajstić information content (AvgIpc) is 1.82. The molecule has 4 unspecified atom stereocenters. The molecule has 1 rings (SSSR count). The molecule has 4 atom stereocenters. The molecule has 0 saturated carbocycles. The van der Waals surface area contributed by atoms with E-state index in [4.69, 9.17) is 82.7 Å². The third kappa shape index (κ3) is 46.2. The zero-order valence-electron chi connectivity index (χ0n) is 55.4. The molecular weight excluding hydrogens is 1370 g/mol. The maximum atomic E-state index is 13.1. The van der Waals surface area contributed by atoms with E-state index < -0.39 is 145 Å². The van der Waals surface area contributed by atoms with Crippen molar-refractivity contribution in [3.05, 3.63) is 0 Å². The number of likely N-dealkylation sites (tertiary alicyclic amines) is 1. The lowest BCUT2D eigenvalue weighted by molar-refractivity contribution is -0.147. The highest BCUT2D eigenvalue weighted by Crippen LogP contribution is 2.22. The van der Waals surface area contributed by atoms with Crippen molar-refractivity contribution in [2.24, 2.45) is 11.3 Å². The van der Waals surface area contributed by atoms with E-state index in [-0.39, 0.29) is 208 Å². The Hall–Kier alpha value is -9.89. The van der Waals surface area contributed by atoms with Crippen molar-refractivity contribution in [1.82, 2.24) is 52.8 Å². The number of carboxylic acids is 6. The predicted molar refractivity (Wildman–Crippen MR) is 331 cm³/mol. The van der Waals surface area contributed by atoms with E-state index in [9.17, 15) is 81.5 Å². The molecule has 0 aromatic rings. The summed E-state index contributed by atoms with van der Waals surface area (Å²) in [5.74, 6) is -13.4. The van der Waals surface area contributed by atoms with Gasteiger partial charge in [-0.25, -0.2) is 33.6 Å². The van der Waals surface area contributed by atoms with Crippen LogP contribution < -0.4 is 47.9 Å². The second-order valence-corrected chi connectivity index (χ2v) is 21.4. The van der Waals surface area contributed by atoms with Gasteiger partial charge in [0.15, 0.2) is 0 Å². The highest BCUT2D eigenvalue weighted by Gasteiger charge is 2.36. The van der Waals surface area contributed by atoms with Gasteiger partial charge in [-0.05, 0) is 0 Å². The zero-order valence-corrected chi connectivity index (χ0v) is 55.4. The Labute approximate surface area is 576 Å². The third-order valence-electron chi connectivity index (χ3n) is 12.9. The maximum Gasteiger partial charge on any atom is 0.407 e. The molecule has 0 bridgehead atoms. The first-order chi connectivity index (χ1) is 48.0. The number of carbonyl (C=O) groups is 17. The summed E-state index contributed by atoms with van der Waals surface area (Å²) in [5, 5.41) is 74.8. The quantitative estimate of drug-likeness (QED) is 0.0154. The first-order valence-corrected chi connectivity index (χ1v) is 31.3. The first-order valence-electron chi connectivity index (χ1n) is 31.3. The number of hydrogen-bond acceptors (Lipinski definition) is 28. The molecule has 1 aliphatic heterocycles. The summed E-state index contributed by atoms with van der Waals surface area (Å²) in [4.78, 5) is 203. The molecule has 1 fully saturated rings. The molecule has 1 heterocycles. The minimum Gasteiger partial charge on any atom is -0.481 e. The van der Waals surface area contributed by atoms with Crippen LogP contribution in [0, 0.1) is 11.3 Å². The number of aliphatic carboxylic acids is 6. The van der Waals surface area contributed by atoms with Crippen LogP contribution in [-0.2, 0) is 114 Å². The van der Waals surface area contributed by atoms with Crippen LogP contribution in [0.5, 0.6) is 0 Å². The third-order valence-corrected chi connectivity index (χ3v) is 12.9. The average molecular weight is 1460 g/mol. The molecule has 0 radical (unpaired) electrons. The summed E-state index contributed by atoms with van der Waals surface area (Å²) in [6.45, 7) is -3.80. The summed E-state index contributed by atoms with van der Waals surface area (Å²) in [7, 11) is 0. The van der Waals surface area contributed by atoms with Gasteiger partial charge in [-0.15, -0.1) is 0 Å². The Morgan fingerprint density at radius 1 is 0.376 bits per heavy atom. The first kappa shape index (κ1) is 89.1. The Morgan fingerprint density at radius 2 is 0.683 bits per heavy atom. The number of nitrogens with zero attached hydrogens (tertiary/aromatic N) is 1. The molecule has 0 spiro atoms. The topological polar surface area (TPSA) is 625 Å². The lowest BCUT2D eigenvalue weighted by atomic mass is 9.92. The van der Waals surface area contributed by atoms with Gasteiger partial charge in [-0.2, -0.15) is 0 Å². The number of alkyl carbamates (subject to hydrolysis) is 4. The fourth-order valence-electron chi connectivity index (χ4n) is 7.89. The van der Waals surface area contributed by atoms with E-state index in [2.05, 4.69) is 47.9 Å². The fraction of sp³-hybridized carbons (Fsp3) is 0.702. The smallest absolute Gasteiger partial charge is 0.407 e. The zero-order chi connectivity index (χ0) is 75.4. The van der Waals surface area contributed by atoms with Gasteiger partial charge in [-0.1, -0.05) is 6.92 Å². The van der Waals surface area contributed by atoms with Crippen LogP contribution in [0.2, 0.25) is 0 Å². The van der Waals surface area contributed by atoms with Crippen molar-refractivity contribution >= 4 is 102 Å². The normalized spacial score (nSPS) is 13.9. The van der Waals surface area contributed by atoms with E-state index in [1.54, 1.807) is 6.92 Å². The summed E-state index contributed by atoms with van der Waals surface area (Å²) in [6.07, 6.45) is -7.49. The number of amides is 11. The summed E-state index contributed by atoms with van der Waals surface area (Å²) >= 11 is 0. The number of rotatable bonds is 59. The second-order valence-electron chi connectivity index (χ2n) is 21.4. The van der Waals surface area contributed by atoms with Crippen molar-refractivity contribution < 1.29 is 164 Å². The Bertz CT molecular complexity index is 2510. The van der Waals surface area contributed by atoms with E-state index in [0.717, 1.165) is 4.90 Å². The van der Waals surface area contributed by atoms with E-state index in [0.29, 0.717) is 0 Å². The minimum atomic E-state index is -1.66. The molecule has 101 heavy (non-hydrogen) atoms. The van der Waals surface area contributed by atoms with Crippen LogP contribution in [0.4, 0.5) is 19.2 Å². The summed E-state index contributed by atoms with van der Waals surface area (Å²) < 4.78 is 59.7. The van der Waals surface area contributed by atoms with E-state index >= 15 is 0 Å². The molecule has 1 aliphatic rings. The summed E-state index contributed by atoms with van der Waals surface area (Å²) in [5.41, 5.74) is -1.47. The molecule has 0 aromatic carbocycles. The van der Waals surface area contributed by atoms with Crippen molar-refractivity contribution in [3.63, 3.8) is 0 Å². The van der Waals surface area contributed by atoms with Crippen molar-refractivity contribution in [3.8, 4) is 0 Å². The largest absolute Gasteiger partial charge is 0.481 e. The van der Waals surface area contributed by atoms with Gasteiger partial charge in [0, 0.05) is 90.3 Å². The van der Waals surface area contributed by atoms with E-state index in [1.807, 2.05) is 0 Å². The van der Waals surface area contributed by atoms with Crippen molar-refractivity contribution in [2.75, 3.05) is 165 Å². The highest BCUT2D eigenvalue weighted by atomic mass is 16.6. The molecular formula is C57H90N10O34. The fourth-order valence-corrected chi connectivity index (χ4v) is 7.89. The van der Waals surface area contributed by atoms with Gasteiger partial charge in [0.25, 0.3) is 0 Å². The number of carboxylic acid groups (broad SMARTS) is 6. The number of nitrogens with one attached hydrogen (secondary N) is 9. The predicted octanol–water partition coefficient (Wildman–Crippen LogP) is -5.30. The molecule has 572 valence electrons. The van der Waals surface area contributed by atoms with Crippen LogP contribution >= 0.6 is 0 Å². The Kier molecular flexibility index (Phi) is 46.8. The molecule has 0 aromatic heterocycles. The van der Waals surface area contributed by atoms with Crippen molar-refractivity contribution in [2.45, 2.75) is 82.8 Å². The van der Waals surface area contributed by atoms with Crippen LogP contribution in [0.1, 0.15) is 64.7 Å². The maximum absolute atomic E-state index is 13.1. The summed E-state index contributed by atoms with van der Waals surface area (Å²) in [6, 6.07) is -4.98. The molecule has 15 N–H and O–H groups in total. The van der Waals surface area contributed by atoms with Gasteiger partial charge >= 0.3 is 60.2 Å². The number of carbonyl (C=O) groups excluding carboxylic acids is 11. The standard InChI is InChI=1S/C57H90N10O34/c1-36-28-45(73)67(49(36)80)13-2-40(68)58-7-8-59-41(69)3-14-91-21-12-63-56(90)101-35-57(32-95-22-25-98-53(87)60-9-18-92-15-4-42(70)64-37(50(81)82)29-46(74)75,33-96-23-26-99-54(88)61-10-19-93-16-5-43(71)65-38(51(83)84)30-47(76)77)34-97-24-27-100-55(89)62-11-20-94-17-6-44(72)66-39(52(85)86)31-48(78)79/h36-39H,2-35H2,1H3,(H,58,68)(H,59,69)(H,60,87)(H,61,88)(H,62,89)(H,63,90)(H,64,70)(H,65,71)(H,66,72)(H,74,75)(H,76,77)(H,78,79)(H,81,82)(H,83,84)(H,85,86). The molecule has 44 heteroatoms. The second kappa shape index (κ2) is 53.1. The number of imide groups is 1. The van der Waals surface area contributed by atoms with Gasteiger partial charge in [0.1, 0.15) is 44.6 Å². The molecule has 0 aliphatic carbocycles. The van der Waals surface area contributed by atoms with Crippen LogP contribution in [0.25, 0.3) is 0 Å². The Morgan fingerprint density at radius 3 is 0.980 bits per heavy atom. The molecule has 1 saturated heterocycles. The van der Waals surface area contributed by atoms with Gasteiger partial charge in [0.05, 0.1) is 117 Å². The highest BCUT2D eigenvalue weighted by molar-refractivity contribution is 6.03. The molecule has 44 nitrogen and oxygen atoms in total. The molecule has 11 amide bonds. The lowest BCUT2D eigenvalue weighted by Crippen LogP contribution is -2.44. The SMILES string of the molecule is CC1CC(=O)N(CCC(=O)NCCNC(=O)CCOCCNC(=O)OCC(COCCOC(=O)NCCOCCC(=O)NC(CC(=O)O)C(=O)O)(COCCOC(=O)NCCOCCC(=O)NC(CC(=O)O)C(=O)O)COCCOC(=O)NCCOCCC(=O)NC(CC(=O)O)C(=O)O)C1=O. The number of ether oxygens (including phenoxy) is 11. The van der Waals surface area contributed by atoms with Gasteiger partial charge in [-0.3, -0.25) is 52.8 Å². The van der Waals surface area contributed by atoms with E-state index in [1.165, 1.54) is 0 Å². The van der Waals surface area contributed by atoms with Gasteiger partial charge in [0.2, 0.25) is 41.4 Å². The number of hydrogen-bond donors (Lipinski definition) is 15. The Balaban J connectivity index is 2.97. The minimum absolute atomic E-state index is 0.0593. The monoisotopic (exact) mass is 1460 g/mol. The van der Waals surface area contributed by atoms with Gasteiger partial charge < -0.3 is 131 Å². The lowest BCUT2D eigenvalue weighted by Gasteiger charge is -2.32.